The van der Waals surface area contributed by atoms with E-state index in [-0.39, 0.29) is 11.7 Å². The number of benzene rings is 1. The van der Waals surface area contributed by atoms with Crippen LogP contribution in [0.4, 0.5) is 10.2 Å². The molecule has 0 radical (unpaired) electrons. The van der Waals surface area contributed by atoms with Crippen molar-refractivity contribution in [2.45, 2.75) is 26.2 Å². The van der Waals surface area contributed by atoms with Crippen LogP contribution in [0, 0.1) is 5.82 Å². The molecule has 0 aliphatic heterocycles. The van der Waals surface area contributed by atoms with Gasteiger partial charge in [0, 0.05) is 18.5 Å². The van der Waals surface area contributed by atoms with Gasteiger partial charge in [-0.25, -0.2) is 14.4 Å². The van der Waals surface area contributed by atoms with Crippen LogP contribution in [0.3, 0.4) is 0 Å². The number of nitrogens with one attached hydrogen (secondary N) is 1. The number of aromatic nitrogens is 2. The summed E-state index contributed by atoms with van der Waals surface area (Å²) in [5, 5.41) is 3.25. The lowest BCUT2D eigenvalue weighted by molar-refractivity contribution is 0.625. The first-order valence-electron chi connectivity index (χ1n) is 6.57. The van der Waals surface area contributed by atoms with E-state index in [2.05, 4.69) is 45.1 Å². The van der Waals surface area contributed by atoms with Crippen LogP contribution >= 0.6 is 15.9 Å². The molecular formula is C15H17BrFN3. The molecule has 1 aromatic heterocycles. The fourth-order valence-electron chi connectivity index (χ4n) is 1.81. The van der Waals surface area contributed by atoms with Crippen LogP contribution in [0.1, 0.15) is 31.2 Å². The van der Waals surface area contributed by atoms with Crippen LogP contribution in [0.2, 0.25) is 0 Å². The Bertz CT molecular complexity index is 587. The van der Waals surface area contributed by atoms with E-state index >= 15 is 0 Å². The second-order valence-corrected chi connectivity index (χ2v) is 5.71. The van der Waals surface area contributed by atoms with Crippen molar-refractivity contribution >= 4 is 21.7 Å². The average molecular weight is 338 g/mol. The summed E-state index contributed by atoms with van der Waals surface area (Å²) < 4.78 is 13.8. The minimum absolute atomic E-state index is 0.200. The van der Waals surface area contributed by atoms with Crippen molar-refractivity contribution in [3.8, 4) is 0 Å². The van der Waals surface area contributed by atoms with Gasteiger partial charge in [0.15, 0.2) is 0 Å². The molecule has 0 bridgehead atoms. The lowest BCUT2D eigenvalue weighted by atomic mass is 10.1. The topological polar surface area (TPSA) is 37.8 Å². The van der Waals surface area contributed by atoms with Crippen molar-refractivity contribution in [2.75, 3.05) is 11.9 Å². The van der Waals surface area contributed by atoms with Crippen molar-refractivity contribution in [1.82, 2.24) is 9.97 Å². The van der Waals surface area contributed by atoms with Gasteiger partial charge in [0.2, 0.25) is 0 Å². The quantitative estimate of drug-likeness (QED) is 0.832. The Kier molecular flexibility index (Phi) is 5.06. The third-order valence-electron chi connectivity index (χ3n) is 2.84. The third-order valence-corrected chi connectivity index (χ3v) is 3.24. The van der Waals surface area contributed by atoms with Crippen LogP contribution in [0.5, 0.6) is 0 Å². The van der Waals surface area contributed by atoms with Gasteiger partial charge in [-0.15, -0.1) is 0 Å². The van der Waals surface area contributed by atoms with Gasteiger partial charge in [-0.1, -0.05) is 26.0 Å². The summed E-state index contributed by atoms with van der Waals surface area (Å²) in [5.41, 5.74) is 0.967. The molecule has 0 aliphatic carbocycles. The maximum absolute atomic E-state index is 13.1. The molecule has 0 unspecified atom stereocenters. The molecule has 106 valence electrons. The van der Waals surface area contributed by atoms with Crippen LogP contribution in [-0.2, 0) is 6.42 Å². The first-order valence-corrected chi connectivity index (χ1v) is 7.36. The molecule has 2 aromatic rings. The molecular weight excluding hydrogens is 321 g/mol. The third kappa shape index (κ3) is 4.27. The number of nitrogens with zero attached hydrogens (tertiary/aromatic N) is 2. The maximum atomic E-state index is 13.1. The summed E-state index contributed by atoms with van der Waals surface area (Å²) in [6.45, 7) is 4.81. The van der Waals surface area contributed by atoms with Crippen LogP contribution in [0.25, 0.3) is 0 Å². The second-order valence-electron chi connectivity index (χ2n) is 4.90. The number of hydrogen-bond acceptors (Lipinski definition) is 3. The fraction of sp³-hybridized carbons (Fsp3) is 0.333. The Morgan fingerprint density at radius 1 is 1.25 bits per heavy atom. The summed E-state index contributed by atoms with van der Waals surface area (Å²) in [5.74, 6) is 1.66. The molecule has 2 rings (SSSR count). The van der Waals surface area contributed by atoms with Crippen molar-refractivity contribution in [1.29, 1.82) is 0 Å². The molecule has 0 saturated heterocycles. The summed E-state index contributed by atoms with van der Waals surface area (Å²) in [6.07, 6.45) is 0.746. The number of hydrogen-bond donors (Lipinski definition) is 1. The molecule has 0 saturated carbocycles. The summed E-state index contributed by atoms with van der Waals surface area (Å²) in [4.78, 5) is 8.78. The molecule has 3 nitrogen and oxygen atoms in total. The Hall–Kier alpha value is -1.49. The number of anilines is 1. The summed E-state index contributed by atoms with van der Waals surface area (Å²) >= 11 is 3.39. The van der Waals surface area contributed by atoms with Crippen LogP contribution in [-0.4, -0.2) is 16.5 Å². The largest absolute Gasteiger partial charge is 0.370 e. The lowest BCUT2D eigenvalue weighted by Gasteiger charge is -2.09. The smallest absolute Gasteiger partial charge is 0.134 e. The Labute approximate surface area is 126 Å². The molecule has 0 spiro atoms. The van der Waals surface area contributed by atoms with Crippen molar-refractivity contribution in [2.24, 2.45) is 0 Å². The highest BCUT2D eigenvalue weighted by Gasteiger charge is 2.06. The first-order chi connectivity index (χ1) is 9.54. The highest BCUT2D eigenvalue weighted by atomic mass is 79.9. The van der Waals surface area contributed by atoms with E-state index in [1.54, 1.807) is 12.1 Å². The zero-order chi connectivity index (χ0) is 14.5. The Morgan fingerprint density at radius 2 is 2.05 bits per heavy atom. The molecule has 0 atom stereocenters. The van der Waals surface area contributed by atoms with Crippen LogP contribution < -0.4 is 5.32 Å². The van der Waals surface area contributed by atoms with Gasteiger partial charge < -0.3 is 5.32 Å². The molecule has 1 aromatic carbocycles. The first kappa shape index (κ1) is 14.9. The van der Waals surface area contributed by atoms with E-state index in [4.69, 9.17) is 0 Å². The highest BCUT2D eigenvalue weighted by molar-refractivity contribution is 9.10. The molecule has 5 heteroatoms. The van der Waals surface area contributed by atoms with Gasteiger partial charge in [-0.05, 0) is 40.0 Å². The summed E-state index contributed by atoms with van der Waals surface area (Å²) in [6, 6.07) is 8.49. The van der Waals surface area contributed by atoms with E-state index in [0.29, 0.717) is 6.54 Å². The molecule has 0 aliphatic rings. The second kappa shape index (κ2) is 6.79. The van der Waals surface area contributed by atoms with Crippen molar-refractivity contribution in [3.63, 3.8) is 0 Å². The van der Waals surface area contributed by atoms with Crippen LogP contribution in [0.15, 0.2) is 34.9 Å². The van der Waals surface area contributed by atoms with E-state index in [9.17, 15) is 4.39 Å². The number of halogens is 2. The molecule has 1 heterocycles. The zero-order valence-corrected chi connectivity index (χ0v) is 13.1. The predicted molar refractivity (Wildman–Crippen MR) is 82.4 cm³/mol. The fourth-order valence-corrected chi connectivity index (χ4v) is 2.21. The minimum atomic E-state index is -0.200. The van der Waals surface area contributed by atoms with E-state index in [1.165, 1.54) is 6.07 Å². The van der Waals surface area contributed by atoms with E-state index in [1.807, 2.05) is 12.1 Å². The zero-order valence-electron chi connectivity index (χ0n) is 11.5. The maximum Gasteiger partial charge on any atom is 0.134 e. The van der Waals surface area contributed by atoms with Gasteiger partial charge in [0.1, 0.15) is 22.1 Å². The normalized spacial score (nSPS) is 10.8. The highest BCUT2D eigenvalue weighted by Crippen LogP contribution is 2.17. The molecule has 0 amide bonds. The van der Waals surface area contributed by atoms with Gasteiger partial charge in [-0.3, -0.25) is 0 Å². The standard InChI is InChI=1S/C15H17BrFN3/c1-10(2)15-19-13(16)9-14(20-15)18-7-6-11-4-3-5-12(17)8-11/h3-5,8-10H,6-7H2,1-2H3,(H,18,19,20). The Morgan fingerprint density at radius 3 is 2.75 bits per heavy atom. The van der Waals surface area contributed by atoms with Crippen molar-refractivity contribution in [3.05, 3.63) is 52.1 Å². The van der Waals surface area contributed by atoms with E-state index in [0.717, 1.165) is 28.2 Å². The Balaban J connectivity index is 1.97. The van der Waals surface area contributed by atoms with Gasteiger partial charge in [-0.2, -0.15) is 0 Å². The molecule has 20 heavy (non-hydrogen) atoms. The summed E-state index contributed by atoms with van der Waals surface area (Å²) in [7, 11) is 0. The van der Waals surface area contributed by atoms with Gasteiger partial charge >= 0.3 is 0 Å². The van der Waals surface area contributed by atoms with Gasteiger partial charge in [0.05, 0.1) is 0 Å². The minimum Gasteiger partial charge on any atom is -0.370 e. The van der Waals surface area contributed by atoms with E-state index < -0.39 is 0 Å². The SMILES string of the molecule is CC(C)c1nc(Br)cc(NCCc2cccc(F)c2)n1. The van der Waals surface area contributed by atoms with Crippen molar-refractivity contribution < 1.29 is 4.39 Å². The average Bonchev–Trinajstić information content (AvgIpc) is 2.38. The predicted octanol–water partition coefficient (Wildman–Crippen LogP) is 4.16. The molecule has 1 N–H and O–H groups in total. The number of rotatable bonds is 5. The van der Waals surface area contributed by atoms with Gasteiger partial charge in [0.25, 0.3) is 0 Å². The lowest BCUT2D eigenvalue weighted by Crippen LogP contribution is -2.09. The monoisotopic (exact) mass is 337 g/mol. The molecule has 0 fully saturated rings.